The van der Waals surface area contributed by atoms with E-state index in [1.54, 1.807) is 6.07 Å². The molecule has 0 bridgehead atoms. The van der Waals surface area contributed by atoms with Crippen LogP contribution in [0.25, 0.3) is 0 Å². The van der Waals surface area contributed by atoms with Crippen molar-refractivity contribution in [3.63, 3.8) is 0 Å². The Morgan fingerprint density at radius 1 is 1.42 bits per heavy atom. The minimum atomic E-state index is -0.0755. The van der Waals surface area contributed by atoms with Crippen LogP contribution in [0.2, 0.25) is 0 Å². The van der Waals surface area contributed by atoms with Gasteiger partial charge in [-0.25, -0.2) is 0 Å². The Bertz CT molecular complexity index is 536. The lowest BCUT2D eigenvalue weighted by Crippen LogP contribution is -2.63. The number of nitrogens with zero attached hydrogens (tertiary/aromatic N) is 3. The molecule has 4 heteroatoms. The Morgan fingerprint density at radius 3 is 2.89 bits per heavy atom. The number of anilines is 1. The highest BCUT2D eigenvalue weighted by Crippen LogP contribution is 2.30. The van der Waals surface area contributed by atoms with Gasteiger partial charge in [0, 0.05) is 24.3 Å². The van der Waals surface area contributed by atoms with Crippen molar-refractivity contribution >= 4 is 5.69 Å². The van der Waals surface area contributed by atoms with Crippen LogP contribution in [-0.2, 0) is 0 Å². The van der Waals surface area contributed by atoms with Crippen LogP contribution >= 0.6 is 0 Å². The van der Waals surface area contributed by atoms with Crippen molar-refractivity contribution in [3.05, 3.63) is 29.8 Å². The zero-order valence-corrected chi connectivity index (χ0v) is 11.3. The van der Waals surface area contributed by atoms with Crippen LogP contribution in [0.15, 0.2) is 24.3 Å². The summed E-state index contributed by atoms with van der Waals surface area (Å²) < 4.78 is 0. The van der Waals surface area contributed by atoms with E-state index in [4.69, 9.17) is 10.5 Å². The molecule has 1 N–H and O–H groups in total. The monoisotopic (exact) mass is 254 g/mol. The molecule has 0 saturated carbocycles. The van der Waals surface area contributed by atoms with Crippen molar-refractivity contribution < 1.29 is 0 Å². The number of nitriles is 2. The van der Waals surface area contributed by atoms with E-state index in [1.165, 1.54) is 0 Å². The molecule has 1 aliphatic rings. The van der Waals surface area contributed by atoms with E-state index in [2.05, 4.69) is 36.2 Å². The average molecular weight is 254 g/mol. The zero-order valence-electron chi connectivity index (χ0n) is 11.3. The second-order valence-corrected chi connectivity index (χ2v) is 5.49. The Labute approximate surface area is 114 Å². The van der Waals surface area contributed by atoms with Crippen LogP contribution in [-0.4, -0.2) is 24.7 Å². The first-order valence-electron chi connectivity index (χ1n) is 6.45. The molecule has 1 heterocycles. The molecule has 1 unspecified atom stereocenters. The summed E-state index contributed by atoms with van der Waals surface area (Å²) in [5, 5.41) is 21.4. The highest BCUT2D eigenvalue weighted by atomic mass is 15.3. The van der Waals surface area contributed by atoms with Gasteiger partial charge >= 0.3 is 0 Å². The van der Waals surface area contributed by atoms with Gasteiger partial charge in [0.05, 0.1) is 30.2 Å². The summed E-state index contributed by atoms with van der Waals surface area (Å²) in [6.45, 7) is 5.98. The lowest BCUT2D eigenvalue weighted by molar-refractivity contribution is 0.324. The number of rotatable bonds is 2. The fraction of sp³-hybridized carbons (Fsp3) is 0.467. The molecule has 1 aliphatic heterocycles. The van der Waals surface area contributed by atoms with Gasteiger partial charge in [-0.3, -0.25) is 0 Å². The van der Waals surface area contributed by atoms with E-state index in [9.17, 15) is 0 Å². The molecule has 0 aliphatic carbocycles. The maximum absolute atomic E-state index is 9.03. The molecule has 1 atom stereocenters. The zero-order chi connectivity index (χ0) is 13.9. The quantitative estimate of drug-likeness (QED) is 0.877. The van der Waals surface area contributed by atoms with Gasteiger partial charge in [-0.15, -0.1) is 0 Å². The van der Waals surface area contributed by atoms with Gasteiger partial charge in [-0.2, -0.15) is 10.5 Å². The molecule has 1 aromatic carbocycles. The van der Waals surface area contributed by atoms with Crippen molar-refractivity contribution in [2.75, 3.05) is 18.0 Å². The van der Waals surface area contributed by atoms with Crippen LogP contribution < -0.4 is 10.2 Å². The molecule has 2 rings (SSSR count). The van der Waals surface area contributed by atoms with Crippen molar-refractivity contribution in [2.45, 2.75) is 31.8 Å². The van der Waals surface area contributed by atoms with Crippen LogP contribution in [0, 0.1) is 22.7 Å². The molecule has 1 saturated heterocycles. The predicted octanol–water partition coefficient (Wildman–Crippen LogP) is 2.03. The molecule has 19 heavy (non-hydrogen) atoms. The minimum absolute atomic E-state index is 0.0755. The second-order valence-electron chi connectivity index (χ2n) is 5.49. The second kappa shape index (κ2) is 5.30. The molecule has 4 nitrogen and oxygen atoms in total. The van der Waals surface area contributed by atoms with Crippen molar-refractivity contribution in [2.24, 2.45) is 0 Å². The van der Waals surface area contributed by atoms with Gasteiger partial charge in [-0.1, -0.05) is 6.07 Å². The fourth-order valence-electron chi connectivity index (χ4n) is 2.77. The van der Waals surface area contributed by atoms with Crippen LogP contribution in [0.3, 0.4) is 0 Å². The summed E-state index contributed by atoms with van der Waals surface area (Å²) >= 11 is 0. The van der Waals surface area contributed by atoms with Gasteiger partial charge in [0.1, 0.15) is 0 Å². The molecular formula is C15H18N4. The van der Waals surface area contributed by atoms with E-state index in [0.29, 0.717) is 12.0 Å². The Kier molecular flexibility index (Phi) is 3.74. The first kappa shape index (κ1) is 13.4. The topological polar surface area (TPSA) is 62.9 Å². The maximum Gasteiger partial charge on any atom is 0.0992 e. The van der Waals surface area contributed by atoms with E-state index in [0.717, 1.165) is 18.8 Å². The number of nitrogens with one attached hydrogen (secondary N) is 1. The van der Waals surface area contributed by atoms with Gasteiger partial charge in [0.2, 0.25) is 0 Å². The van der Waals surface area contributed by atoms with Gasteiger partial charge in [0.15, 0.2) is 0 Å². The Balaban J connectivity index is 2.41. The molecule has 0 radical (unpaired) electrons. The summed E-state index contributed by atoms with van der Waals surface area (Å²) in [5.41, 5.74) is 1.60. The summed E-state index contributed by atoms with van der Waals surface area (Å²) in [6, 6.07) is 12.2. The predicted molar refractivity (Wildman–Crippen MR) is 74.6 cm³/mol. The van der Waals surface area contributed by atoms with Crippen molar-refractivity contribution in [1.29, 1.82) is 10.5 Å². The Morgan fingerprint density at radius 2 is 2.21 bits per heavy atom. The molecule has 98 valence electrons. The number of benzene rings is 1. The van der Waals surface area contributed by atoms with Crippen LogP contribution in [0.5, 0.6) is 0 Å². The van der Waals surface area contributed by atoms with E-state index < -0.39 is 0 Å². The highest BCUT2D eigenvalue weighted by Gasteiger charge is 2.36. The normalized spacial score (nSPS) is 21.5. The molecule has 1 aromatic rings. The first-order chi connectivity index (χ1) is 9.08. The summed E-state index contributed by atoms with van der Waals surface area (Å²) in [6.07, 6.45) is 0.479. The van der Waals surface area contributed by atoms with Crippen molar-refractivity contribution in [3.8, 4) is 12.1 Å². The SMILES string of the molecule is CC1(C)CNCC(CC#N)N1c1cccc(C#N)c1. The first-order valence-corrected chi connectivity index (χ1v) is 6.45. The van der Waals surface area contributed by atoms with E-state index in [1.807, 2.05) is 18.2 Å². The fourth-order valence-corrected chi connectivity index (χ4v) is 2.77. The lowest BCUT2D eigenvalue weighted by Gasteiger charge is -2.49. The third kappa shape index (κ3) is 2.70. The van der Waals surface area contributed by atoms with Gasteiger partial charge in [0.25, 0.3) is 0 Å². The summed E-state index contributed by atoms with van der Waals surface area (Å²) in [4.78, 5) is 2.27. The number of hydrogen-bond acceptors (Lipinski definition) is 4. The maximum atomic E-state index is 9.03. The van der Waals surface area contributed by atoms with Crippen LogP contribution in [0.1, 0.15) is 25.8 Å². The van der Waals surface area contributed by atoms with Gasteiger partial charge in [-0.05, 0) is 32.0 Å². The third-order valence-electron chi connectivity index (χ3n) is 3.54. The summed E-state index contributed by atoms with van der Waals surface area (Å²) in [7, 11) is 0. The average Bonchev–Trinajstić information content (AvgIpc) is 2.38. The largest absolute Gasteiger partial charge is 0.360 e. The third-order valence-corrected chi connectivity index (χ3v) is 3.54. The minimum Gasteiger partial charge on any atom is -0.360 e. The van der Waals surface area contributed by atoms with Crippen LogP contribution in [0.4, 0.5) is 5.69 Å². The highest BCUT2D eigenvalue weighted by molar-refractivity contribution is 5.55. The van der Waals surface area contributed by atoms with E-state index >= 15 is 0 Å². The summed E-state index contributed by atoms with van der Waals surface area (Å²) in [5.74, 6) is 0. The number of hydrogen-bond donors (Lipinski definition) is 1. The van der Waals surface area contributed by atoms with Crippen molar-refractivity contribution in [1.82, 2.24) is 5.32 Å². The number of piperazine rings is 1. The molecular weight excluding hydrogens is 236 g/mol. The smallest absolute Gasteiger partial charge is 0.0992 e. The lowest BCUT2D eigenvalue weighted by atomic mass is 9.93. The van der Waals surface area contributed by atoms with Gasteiger partial charge < -0.3 is 10.2 Å². The molecule has 0 spiro atoms. The molecule has 1 fully saturated rings. The molecule has 0 aromatic heterocycles. The molecule has 0 amide bonds. The Hall–Kier alpha value is -2.04. The van der Waals surface area contributed by atoms with E-state index in [-0.39, 0.29) is 11.6 Å². The standard InChI is InChI=1S/C15H18N4/c1-15(2)11-18-10-14(6-7-16)19(15)13-5-3-4-12(8-13)9-17/h3-5,8,14,18H,6,10-11H2,1-2H3.